The first-order valence-electron chi connectivity index (χ1n) is 9.11. The Morgan fingerprint density at radius 1 is 1.07 bits per heavy atom. The molecule has 4 aromatic rings. The number of anilines is 1. The van der Waals surface area contributed by atoms with Crippen LogP contribution in [0.5, 0.6) is 11.5 Å². The summed E-state index contributed by atoms with van der Waals surface area (Å²) in [6, 6.07) is 9.22. The van der Waals surface area contributed by atoms with Gasteiger partial charge in [0, 0.05) is 46.0 Å². The van der Waals surface area contributed by atoms with E-state index in [2.05, 4.69) is 11.9 Å². The lowest BCUT2D eigenvalue weighted by Crippen LogP contribution is -2.21. The van der Waals surface area contributed by atoms with E-state index in [9.17, 15) is 4.79 Å². The molecule has 0 saturated carbocycles. The summed E-state index contributed by atoms with van der Waals surface area (Å²) in [6.07, 6.45) is 3.75. The van der Waals surface area contributed by atoms with Gasteiger partial charge in [-0.3, -0.25) is 9.78 Å². The molecule has 2 aromatic heterocycles. The molecule has 1 aliphatic rings. The lowest BCUT2D eigenvalue weighted by atomic mass is 10.0. The minimum atomic E-state index is -0.00360. The van der Waals surface area contributed by atoms with Gasteiger partial charge in [0.2, 0.25) is 6.79 Å². The molecule has 0 amide bonds. The number of nitrogen functional groups attached to an aromatic ring is 1. The molecule has 0 aliphatic carbocycles. The van der Waals surface area contributed by atoms with Crippen molar-refractivity contribution in [2.24, 2.45) is 0 Å². The number of nitrogens with two attached hydrogens (primary N) is 1. The maximum absolute atomic E-state index is 13.3. The Morgan fingerprint density at radius 3 is 2.70 bits per heavy atom. The summed E-state index contributed by atoms with van der Waals surface area (Å²) >= 11 is 0. The molecule has 6 nitrogen and oxygen atoms in total. The van der Waals surface area contributed by atoms with Crippen molar-refractivity contribution in [3.05, 3.63) is 46.9 Å². The maximum atomic E-state index is 13.3. The van der Waals surface area contributed by atoms with Gasteiger partial charge in [-0.2, -0.15) is 0 Å². The van der Waals surface area contributed by atoms with Crippen molar-refractivity contribution in [2.45, 2.75) is 26.3 Å². The average molecular weight is 361 g/mol. The predicted molar refractivity (Wildman–Crippen MR) is 106 cm³/mol. The number of fused-ring (bicyclic) bond motifs is 6. The van der Waals surface area contributed by atoms with Crippen LogP contribution in [0.15, 0.2) is 41.3 Å². The van der Waals surface area contributed by atoms with Gasteiger partial charge in [-0.1, -0.05) is 13.3 Å². The van der Waals surface area contributed by atoms with Crippen molar-refractivity contribution in [2.75, 3.05) is 12.5 Å². The lowest BCUT2D eigenvalue weighted by molar-refractivity contribution is 0.174. The maximum Gasteiger partial charge on any atom is 0.258 e. The fraction of sp³-hybridized carbons (Fsp3) is 0.238. The van der Waals surface area contributed by atoms with E-state index in [0.717, 1.165) is 40.0 Å². The zero-order valence-corrected chi connectivity index (χ0v) is 15.0. The number of aryl methyl sites for hydroxylation is 1. The lowest BCUT2D eigenvalue weighted by Gasteiger charge is -2.15. The smallest absolute Gasteiger partial charge is 0.258 e. The third kappa shape index (κ3) is 2.33. The molecule has 0 saturated heterocycles. The standard InChI is InChI=1S/C21H19N3O3/c1-2-3-6-24-20-15-8-18-19(27-11-26-18)9-17(15)23-10-16(20)14-7-12(22)4-5-13(14)21(24)25/h4-5,7-10H,2-3,6,11,22H2,1H3. The van der Waals surface area contributed by atoms with Gasteiger partial charge in [-0.15, -0.1) is 0 Å². The molecule has 27 heavy (non-hydrogen) atoms. The highest BCUT2D eigenvalue weighted by Gasteiger charge is 2.19. The van der Waals surface area contributed by atoms with Crippen LogP contribution in [0, 0.1) is 0 Å². The molecule has 2 N–H and O–H groups in total. The number of aromatic nitrogens is 2. The van der Waals surface area contributed by atoms with E-state index in [-0.39, 0.29) is 12.4 Å². The van der Waals surface area contributed by atoms with Crippen molar-refractivity contribution < 1.29 is 9.47 Å². The van der Waals surface area contributed by atoms with Crippen LogP contribution in [0.25, 0.3) is 32.6 Å². The molecule has 0 atom stereocenters. The molecule has 2 aromatic carbocycles. The van der Waals surface area contributed by atoms with Gasteiger partial charge in [-0.05, 0) is 30.7 Å². The van der Waals surface area contributed by atoms with E-state index in [4.69, 9.17) is 15.2 Å². The molecular weight excluding hydrogens is 342 g/mol. The van der Waals surface area contributed by atoms with Crippen LogP contribution in [0.4, 0.5) is 5.69 Å². The number of hydrogen-bond donors (Lipinski definition) is 1. The molecule has 6 heteroatoms. The van der Waals surface area contributed by atoms with Crippen molar-refractivity contribution in [3.8, 4) is 11.5 Å². The predicted octanol–water partition coefficient (Wildman–Crippen LogP) is 3.81. The fourth-order valence-electron chi connectivity index (χ4n) is 3.80. The number of unbranched alkanes of at least 4 members (excludes halogenated alkanes) is 1. The van der Waals surface area contributed by atoms with Crippen molar-refractivity contribution in [1.29, 1.82) is 0 Å². The SMILES string of the molecule is CCCCn1c(=O)c2ccc(N)cc2c2cnc3cc4c(cc3c21)OCO4. The molecule has 3 heterocycles. The second-order valence-electron chi connectivity index (χ2n) is 6.86. The number of rotatable bonds is 3. The van der Waals surface area contributed by atoms with Gasteiger partial charge in [0.05, 0.1) is 11.0 Å². The second kappa shape index (κ2) is 5.87. The number of ether oxygens (including phenoxy) is 2. The zero-order chi connectivity index (χ0) is 18.5. The van der Waals surface area contributed by atoms with Crippen LogP contribution in [-0.2, 0) is 6.54 Å². The molecule has 1 aliphatic heterocycles. The van der Waals surface area contributed by atoms with Gasteiger partial charge >= 0.3 is 0 Å². The number of nitrogens with zero attached hydrogens (tertiary/aromatic N) is 2. The van der Waals surface area contributed by atoms with Crippen molar-refractivity contribution >= 4 is 38.3 Å². The van der Waals surface area contributed by atoms with E-state index in [1.807, 2.05) is 29.0 Å². The zero-order valence-electron chi connectivity index (χ0n) is 15.0. The second-order valence-corrected chi connectivity index (χ2v) is 6.86. The summed E-state index contributed by atoms with van der Waals surface area (Å²) in [5, 5.41) is 3.29. The fourth-order valence-corrected chi connectivity index (χ4v) is 3.80. The molecule has 0 bridgehead atoms. The Morgan fingerprint density at radius 2 is 1.89 bits per heavy atom. The first kappa shape index (κ1) is 15.9. The van der Waals surface area contributed by atoms with Gasteiger partial charge < -0.3 is 19.8 Å². The van der Waals surface area contributed by atoms with Crippen molar-refractivity contribution in [3.63, 3.8) is 0 Å². The van der Waals surface area contributed by atoms with E-state index in [1.54, 1.807) is 12.1 Å². The molecule has 0 fully saturated rings. The van der Waals surface area contributed by atoms with Crippen LogP contribution in [0.2, 0.25) is 0 Å². The summed E-state index contributed by atoms with van der Waals surface area (Å²) in [6.45, 7) is 2.97. The highest BCUT2D eigenvalue weighted by molar-refractivity contribution is 6.15. The summed E-state index contributed by atoms with van der Waals surface area (Å²) in [4.78, 5) is 17.9. The Labute approximate surface area is 155 Å². The first-order valence-corrected chi connectivity index (χ1v) is 9.11. The summed E-state index contributed by atoms with van der Waals surface area (Å²) in [7, 11) is 0. The van der Waals surface area contributed by atoms with E-state index in [1.165, 1.54) is 0 Å². The number of hydrogen-bond acceptors (Lipinski definition) is 5. The topological polar surface area (TPSA) is 79.4 Å². The van der Waals surface area contributed by atoms with Crippen LogP contribution in [-0.4, -0.2) is 16.3 Å². The highest BCUT2D eigenvalue weighted by Crippen LogP contribution is 2.38. The minimum Gasteiger partial charge on any atom is -0.454 e. The summed E-state index contributed by atoms with van der Waals surface area (Å²) in [5.74, 6) is 1.36. The summed E-state index contributed by atoms with van der Waals surface area (Å²) < 4.78 is 12.9. The molecule has 0 unspecified atom stereocenters. The Balaban J connectivity index is 1.99. The van der Waals surface area contributed by atoms with E-state index >= 15 is 0 Å². The van der Waals surface area contributed by atoms with E-state index < -0.39 is 0 Å². The van der Waals surface area contributed by atoms with E-state index in [0.29, 0.717) is 29.1 Å². The largest absolute Gasteiger partial charge is 0.454 e. The Bertz CT molecular complexity index is 1280. The third-order valence-corrected chi connectivity index (χ3v) is 5.15. The van der Waals surface area contributed by atoms with Gasteiger partial charge in [0.15, 0.2) is 11.5 Å². The molecule has 0 radical (unpaired) electrons. The third-order valence-electron chi connectivity index (χ3n) is 5.15. The quantitative estimate of drug-likeness (QED) is 0.443. The highest BCUT2D eigenvalue weighted by atomic mass is 16.7. The molecule has 136 valence electrons. The van der Waals surface area contributed by atoms with Gasteiger partial charge in [-0.25, -0.2) is 0 Å². The van der Waals surface area contributed by atoms with Crippen LogP contribution in [0.3, 0.4) is 0 Å². The van der Waals surface area contributed by atoms with Crippen LogP contribution >= 0.6 is 0 Å². The van der Waals surface area contributed by atoms with Gasteiger partial charge in [0.1, 0.15) is 0 Å². The molecule has 5 rings (SSSR count). The van der Waals surface area contributed by atoms with Crippen LogP contribution < -0.4 is 20.8 Å². The number of benzene rings is 2. The van der Waals surface area contributed by atoms with Crippen LogP contribution in [0.1, 0.15) is 19.8 Å². The summed E-state index contributed by atoms with van der Waals surface area (Å²) in [5.41, 5.74) is 8.27. The molecular formula is C21H19N3O3. The molecule has 0 spiro atoms. The minimum absolute atomic E-state index is 0.00360. The normalized spacial score (nSPS) is 13.1. The average Bonchev–Trinajstić information content (AvgIpc) is 3.13. The Hall–Kier alpha value is -3.28. The van der Waals surface area contributed by atoms with Crippen molar-refractivity contribution in [1.82, 2.24) is 9.55 Å². The first-order chi connectivity index (χ1) is 13.2. The number of pyridine rings is 2. The monoisotopic (exact) mass is 361 g/mol. The Kier molecular flexibility index (Phi) is 3.47. The van der Waals surface area contributed by atoms with Gasteiger partial charge in [0.25, 0.3) is 5.56 Å².